The number of carbonyl (C=O) groups is 2. The van der Waals surface area contributed by atoms with Gasteiger partial charge in [0, 0.05) is 24.2 Å². The molecule has 9 nitrogen and oxygen atoms in total. The summed E-state index contributed by atoms with van der Waals surface area (Å²) in [7, 11) is 1.42. The normalized spacial score (nSPS) is 11.7. The van der Waals surface area contributed by atoms with E-state index in [2.05, 4.69) is 26.5 Å². The number of hydrogen-bond donors (Lipinski definition) is 1. The van der Waals surface area contributed by atoms with E-state index in [1.165, 1.54) is 19.4 Å². The van der Waals surface area contributed by atoms with E-state index in [-0.39, 0.29) is 29.5 Å². The number of hydrogen-bond acceptors (Lipinski definition) is 8. The molecule has 3 aromatic rings. The van der Waals surface area contributed by atoms with E-state index in [1.54, 1.807) is 6.92 Å². The molecule has 0 aliphatic carbocycles. The molecule has 1 amide bonds. The molecule has 32 heavy (non-hydrogen) atoms. The fraction of sp³-hybridized carbons (Fsp3) is 0.348. The van der Waals surface area contributed by atoms with Crippen molar-refractivity contribution in [2.75, 3.05) is 7.11 Å². The summed E-state index contributed by atoms with van der Waals surface area (Å²) < 4.78 is 16.0. The summed E-state index contributed by atoms with van der Waals surface area (Å²) in [6.07, 6.45) is 2.22. The SMILES string of the molecule is CCCC(=O)Oc1c(OC)ccnc1C(=O)N[C@@H](C)c1nc(-c2cc(C)cc(C)c2)no1. The molecule has 1 atom stereocenters. The van der Waals surface area contributed by atoms with Crippen LogP contribution in [0.4, 0.5) is 0 Å². The number of amides is 1. The maximum Gasteiger partial charge on any atom is 0.311 e. The van der Waals surface area contributed by atoms with Gasteiger partial charge < -0.3 is 19.3 Å². The summed E-state index contributed by atoms with van der Waals surface area (Å²) in [6, 6.07) is 6.88. The Labute approximate surface area is 186 Å². The van der Waals surface area contributed by atoms with Gasteiger partial charge in [-0.25, -0.2) is 4.98 Å². The molecule has 0 saturated carbocycles. The van der Waals surface area contributed by atoms with Gasteiger partial charge >= 0.3 is 5.97 Å². The number of ether oxygens (including phenoxy) is 2. The van der Waals surface area contributed by atoms with Gasteiger partial charge in [-0.15, -0.1) is 0 Å². The Balaban J connectivity index is 1.80. The average Bonchev–Trinajstić information content (AvgIpc) is 3.24. The van der Waals surface area contributed by atoms with E-state index >= 15 is 0 Å². The molecule has 0 fully saturated rings. The summed E-state index contributed by atoms with van der Waals surface area (Å²) in [5.74, 6) is -0.170. The summed E-state index contributed by atoms with van der Waals surface area (Å²) in [4.78, 5) is 33.4. The highest BCUT2D eigenvalue weighted by Crippen LogP contribution is 2.30. The number of pyridine rings is 1. The smallest absolute Gasteiger partial charge is 0.311 e. The van der Waals surface area contributed by atoms with Gasteiger partial charge in [-0.3, -0.25) is 9.59 Å². The maximum absolute atomic E-state index is 12.9. The van der Waals surface area contributed by atoms with Crippen molar-refractivity contribution in [3.63, 3.8) is 0 Å². The molecule has 168 valence electrons. The van der Waals surface area contributed by atoms with Crippen LogP contribution >= 0.6 is 0 Å². The van der Waals surface area contributed by atoms with Crippen LogP contribution in [0.25, 0.3) is 11.4 Å². The van der Waals surface area contributed by atoms with Gasteiger partial charge in [0.25, 0.3) is 5.91 Å². The van der Waals surface area contributed by atoms with Crippen LogP contribution in [0.15, 0.2) is 35.0 Å². The molecule has 3 rings (SSSR count). The number of benzene rings is 1. The minimum Gasteiger partial charge on any atom is -0.493 e. The lowest BCUT2D eigenvalue weighted by atomic mass is 10.1. The molecule has 0 radical (unpaired) electrons. The summed E-state index contributed by atoms with van der Waals surface area (Å²) >= 11 is 0. The number of carbonyl (C=O) groups excluding carboxylic acids is 2. The van der Waals surface area contributed by atoms with E-state index in [4.69, 9.17) is 14.0 Å². The molecule has 0 unspecified atom stereocenters. The second kappa shape index (κ2) is 10.0. The van der Waals surface area contributed by atoms with Crippen molar-refractivity contribution in [1.29, 1.82) is 0 Å². The van der Waals surface area contributed by atoms with Crippen LogP contribution in [0.3, 0.4) is 0 Å². The number of nitrogens with one attached hydrogen (secondary N) is 1. The summed E-state index contributed by atoms with van der Waals surface area (Å²) in [5.41, 5.74) is 2.93. The van der Waals surface area contributed by atoms with E-state index in [9.17, 15) is 9.59 Å². The number of esters is 1. The topological polar surface area (TPSA) is 116 Å². The zero-order valence-electron chi connectivity index (χ0n) is 18.8. The van der Waals surface area contributed by atoms with Gasteiger partial charge in [0.15, 0.2) is 11.4 Å². The van der Waals surface area contributed by atoms with Crippen LogP contribution < -0.4 is 14.8 Å². The van der Waals surface area contributed by atoms with Crippen LogP contribution in [0.5, 0.6) is 11.5 Å². The quantitative estimate of drug-likeness (QED) is 0.526. The molecule has 2 aromatic heterocycles. The van der Waals surface area contributed by atoms with Crippen LogP contribution in [-0.2, 0) is 4.79 Å². The van der Waals surface area contributed by atoms with Crippen molar-refractivity contribution in [2.45, 2.75) is 46.6 Å². The summed E-state index contributed by atoms with van der Waals surface area (Å²) in [6.45, 7) is 7.55. The highest BCUT2D eigenvalue weighted by molar-refractivity contribution is 5.96. The van der Waals surface area contributed by atoms with Crippen molar-refractivity contribution in [3.05, 3.63) is 53.2 Å². The lowest BCUT2D eigenvalue weighted by molar-refractivity contribution is -0.134. The Morgan fingerprint density at radius 2 is 1.91 bits per heavy atom. The number of aromatic nitrogens is 3. The van der Waals surface area contributed by atoms with Gasteiger partial charge in [-0.1, -0.05) is 29.3 Å². The Morgan fingerprint density at radius 1 is 1.19 bits per heavy atom. The molecule has 9 heteroatoms. The van der Waals surface area contributed by atoms with E-state index in [1.807, 2.05) is 32.9 Å². The molecule has 1 N–H and O–H groups in total. The molecule has 0 spiro atoms. The zero-order chi connectivity index (χ0) is 23.3. The van der Waals surface area contributed by atoms with Gasteiger partial charge in [0.05, 0.1) is 7.11 Å². The highest BCUT2D eigenvalue weighted by Gasteiger charge is 2.25. The monoisotopic (exact) mass is 438 g/mol. The highest BCUT2D eigenvalue weighted by atomic mass is 16.6. The van der Waals surface area contributed by atoms with Crippen molar-refractivity contribution in [3.8, 4) is 22.9 Å². The summed E-state index contributed by atoms with van der Waals surface area (Å²) in [5, 5.41) is 6.78. The lowest BCUT2D eigenvalue weighted by Gasteiger charge is -2.14. The van der Waals surface area contributed by atoms with Crippen LogP contribution in [0, 0.1) is 13.8 Å². The van der Waals surface area contributed by atoms with Crippen molar-refractivity contribution < 1.29 is 23.6 Å². The first kappa shape index (κ1) is 22.9. The largest absolute Gasteiger partial charge is 0.493 e. The van der Waals surface area contributed by atoms with E-state index in [0.717, 1.165) is 16.7 Å². The molecule has 0 aliphatic heterocycles. The molecular formula is C23H26N4O5. The van der Waals surface area contributed by atoms with E-state index in [0.29, 0.717) is 12.2 Å². The van der Waals surface area contributed by atoms with Crippen molar-refractivity contribution in [1.82, 2.24) is 20.4 Å². The van der Waals surface area contributed by atoms with Crippen LogP contribution in [-0.4, -0.2) is 34.1 Å². The Kier molecular flexibility index (Phi) is 7.19. The number of aryl methyl sites for hydroxylation is 2. The van der Waals surface area contributed by atoms with Gasteiger partial charge in [0.1, 0.15) is 6.04 Å². The maximum atomic E-state index is 12.9. The Morgan fingerprint density at radius 3 is 2.56 bits per heavy atom. The lowest BCUT2D eigenvalue weighted by Crippen LogP contribution is -2.28. The zero-order valence-corrected chi connectivity index (χ0v) is 18.8. The first-order valence-electron chi connectivity index (χ1n) is 10.3. The minimum atomic E-state index is -0.609. The third kappa shape index (κ3) is 5.29. The number of methoxy groups -OCH3 is 1. The van der Waals surface area contributed by atoms with Crippen molar-refractivity contribution >= 4 is 11.9 Å². The third-order valence-electron chi connectivity index (χ3n) is 4.61. The molecule has 1 aromatic carbocycles. The second-order valence-electron chi connectivity index (χ2n) is 7.44. The number of rotatable bonds is 8. The fourth-order valence-corrected chi connectivity index (χ4v) is 3.18. The van der Waals surface area contributed by atoms with E-state index < -0.39 is 17.9 Å². The van der Waals surface area contributed by atoms with Crippen LogP contribution in [0.1, 0.15) is 60.2 Å². The van der Waals surface area contributed by atoms with Gasteiger partial charge in [-0.05, 0) is 39.3 Å². The standard InChI is InChI=1S/C23H26N4O5/c1-6-7-18(28)31-20-17(30-5)8-9-24-19(20)22(29)25-15(4)23-26-21(27-32-23)16-11-13(2)10-14(3)12-16/h8-12,15H,6-7H2,1-5H3,(H,25,29)/t15-/m0/s1. The molecule has 2 heterocycles. The molecule has 0 saturated heterocycles. The first-order valence-corrected chi connectivity index (χ1v) is 10.3. The third-order valence-corrected chi connectivity index (χ3v) is 4.61. The first-order chi connectivity index (χ1) is 15.3. The fourth-order valence-electron chi connectivity index (χ4n) is 3.18. The van der Waals surface area contributed by atoms with Gasteiger partial charge in [0.2, 0.25) is 17.5 Å². The van der Waals surface area contributed by atoms with Crippen molar-refractivity contribution in [2.24, 2.45) is 0 Å². The Bertz CT molecular complexity index is 1110. The Hall–Kier alpha value is -3.75. The molecule has 0 aliphatic rings. The van der Waals surface area contributed by atoms with Crippen LogP contribution in [0.2, 0.25) is 0 Å². The van der Waals surface area contributed by atoms with Gasteiger partial charge in [-0.2, -0.15) is 4.98 Å². The second-order valence-corrected chi connectivity index (χ2v) is 7.44. The molecule has 0 bridgehead atoms. The molecular weight excluding hydrogens is 412 g/mol. The predicted octanol–water partition coefficient (Wildman–Crippen LogP) is 3.95. The minimum absolute atomic E-state index is 0.0281. The predicted molar refractivity (Wildman–Crippen MR) is 116 cm³/mol. The average molecular weight is 438 g/mol. The number of nitrogens with zero attached hydrogens (tertiary/aromatic N) is 3.